The number of esters is 3. The van der Waals surface area contributed by atoms with Gasteiger partial charge in [0.15, 0.2) is 6.10 Å². The minimum absolute atomic E-state index is 0.0761. The third-order valence-electron chi connectivity index (χ3n) is 13.0. The van der Waals surface area contributed by atoms with Crippen molar-refractivity contribution in [2.75, 3.05) is 13.2 Å². The molecule has 1 unspecified atom stereocenters. The summed E-state index contributed by atoms with van der Waals surface area (Å²) in [5.41, 5.74) is 0. The Morgan fingerprint density at radius 2 is 0.565 bits per heavy atom. The first kappa shape index (κ1) is 66.1. The van der Waals surface area contributed by atoms with E-state index in [0.717, 1.165) is 89.9 Å². The van der Waals surface area contributed by atoms with Crippen LogP contribution in [0.4, 0.5) is 0 Å². The first-order valence-corrected chi connectivity index (χ1v) is 29.8. The molecule has 0 radical (unpaired) electrons. The zero-order valence-corrected chi connectivity index (χ0v) is 45.8. The lowest BCUT2D eigenvalue weighted by Crippen LogP contribution is -2.30. The first-order chi connectivity index (χ1) is 34.0. The summed E-state index contributed by atoms with van der Waals surface area (Å²) in [6.45, 7) is 6.54. The Morgan fingerprint density at radius 1 is 0.304 bits per heavy atom. The van der Waals surface area contributed by atoms with Crippen molar-refractivity contribution in [3.05, 3.63) is 60.8 Å². The van der Waals surface area contributed by atoms with E-state index in [1.165, 1.54) is 173 Å². The zero-order chi connectivity index (χ0) is 50.0. The van der Waals surface area contributed by atoms with Gasteiger partial charge in [0.2, 0.25) is 0 Å². The van der Waals surface area contributed by atoms with E-state index in [1.807, 2.05) is 0 Å². The molecule has 0 spiro atoms. The van der Waals surface area contributed by atoms with Crippen LogP contribution in [-0.4, -0.2) is 37.2 Å². The monoisotopic (exact) mass is 965 g/mol. The number of rotatable bonds is 54. The van der Waals surface area contributed by atoms with Gasteiger partial charge in [-0.15, -0.1) is 0 Å². The predicted molar refractivity (Wildman–Crippen MR) is 298 cm³/mol. The fraction of sp³-hybridized carbons (Fsp3) is 0.794. The minimum atomic E-state index is -0.777. The molecule has 6 heteroatoms. The summed E-state index contributed by atoms with van der Waals surface area (Å²) in [7, 11) is 0. The van der Waals surface area contributed by atoms with Crippen molar-refractivity contribution < 1.29 is 28.6 Å². The van der Waals surface area contributed by atoms with Crippen LogP contribution in [0.25, 0.3) is 0 Å². The molecule has 0 N–H and O–H groups in total. The molecule has 0 aromatic rings. The van der Waals surface area contributed by atoms with Crippen LogP contribution in [-0.2, 0) is 28.6 Å². The van der Waals surface area contributed by atoms with Crippen LogP contribution in [0.15, 0.2) is 60.8 Å². The second-order valence-electron chi connectivity index (χ2n) is 19.9. The largest absolute Gasteiger partial charge is 0.462 e. The Kier molecular flexibility index (Phi) is 55.3. The Hall–Kier alpha value is -2.89. The first-order valence-electron chi connectivity index (χ1n) is 29.8. The van der Waals surface area contributed by atoms with Gasteiger partial charge in [-0.05, 0) is 83.5 Å². The molecule has 0 aliphatic heterocycles. The Bertz CT molecular complexity index is 1250. The standard InChI is InChI=1S/C63H112O6/c1-4-7-10-13-16-19-22-25-27-28-29-30-31-32-33-34-36-38-41-44-47-50-53-56-62(65)68-59-60(58-67-61(64)55-52-49-46-43-40-37-24-21-18-15-12-9-6-3)69-63(66)57-54-51-48-45-42-39-35-26-23-20-17-14-11-8-5-2/h7,10,16,19,21,24-25,27,29-30,60H,4-6,8-9,11-15,17-18,20,22-23,26,28,31-59H2,1-3H3/b10-7-,19-16-,24-21-,27-25-,30-29-. The van der Waals surface area contributed by atoms with Crippen LogP contribution in [0.5, 0.6) is 0 Å². The van der Waals surface area contributed by atoms with E-state index in [-0.39, 0.29) is 31.1 Å². The highest BCUT2D eigenvalue weighted by Crippen LogP contribution is 2.16. The molecular formula is C63H112O6. The molecule has 0 rings (SSSR count). The Labute approximate surface area is 428 Å². The molecule has 0 fully saturated rings. The summed E-state index contributed by atoms with van der Waals surface area (Å²) in [5, 5.41) is 0. The molecule has 0 saturated heterocycles. The summed E-state index contributed by atoms with van der Waals surface area (Å²) < 4.78 is 16.9. The second kappa shape index (κ2) is 57.7. The number of hydrogen-bond acceptors (Lipinski definition) is 6. The summed E-state index contributed by atoms with van der Waals surface area (Å²) in [4.78, 5) is 38.2. The smallest absolute Gasteiger partial charge is 0.306 e. The van der Waals surface area contributed by atoms with Gasteiger partial charge in [0.25, 0.3) is 0 Å². The third kappa shape index (κ3) is 55.9. The van der Waals surface area contributed by atoms with Crippen molar-refractivity contribution in [2.24, 2.45) is 0 Å². The van der Waals surface area contributed by atoms with Crippen molar-refractivity contribution in [2.45, 2.75) is 309 Å². The number of carbonyl (C=O) groups excluding carboxylic acids is 3. The van der Waals surface area contributed by atoms with Crippen LogP contribution in [0.3, 0.4) is 0 Å². The topological polar surface area (TPSA) is 78.9 Å². The summed E-state index contributed by atoms with van der Waals surface area (Å²) >= 11 is 0. The molecule has 0 aliphatic carbocycles. The number of carbonyl (C=O) groups is 3. The average Bonchev–Trinajstić information content (AvgIpc) is 3.35. The quantitative estimate of drug-likeness (QED) is 0.0262. The normalized spacial score (nSPS) is 12.4. The number of hydrogen-bond donors (Lipinski definition) is 0. The van der Waals surface area contributed by atoms with Gasteiger partial charge in [-0.3, -0.25) is 14.4 Å². The van der Waals surface area contributed by atoms with E-state index < -0.39 is 6.10 Å². The Balaban J connectivity index is 4.30. The highest BCUT2D eigenvalue weighted by molar-refractivity contribution is 5.71. The maximum atomic E-state index is 12.9. The second-order valence-corrected chi connectivity index (χ2v) is 19.9. The summed E-state index contributed by atoms with van der Waals surface area (Å²) in [6, 6.07) is 0. The van der Waals surface area contributed by atoms with E-state index in [2.05, 4.69) is 81.5 Å². The van der Waals surface area contributed by atoms with E-state index in [0.29, 0.717) is 19.3 Å². The van der Waals surface area contributed by atoms with Gasteiger partial charge in [-0.1, -0.05) is 261 Å². The van der Waals surface area contributed by atoms with Crippen molar-refractivity contribution in [1.29, 1.82) is 0 Å². The van der Waals surface area contributed by atoms with Crippen molar-refractivity contribution in [3.8, 4) is 0 Å². The van der Waals surface area contributed by atoms with Crippen molar-refractivity contribution >= 4 is 17.9 Å². The van der Waals surface area contributed by atoms with Crippen molar-refractivity contribution in [1.82, 2.24) is 0 Å². The van der Waals surface area contributed by atoms with E-state index in [4.69, 9.17) is 14.2 Å². The molecule has 1 atom stereocenters. The maximum Gasteiger partial charge on any atom is 0.306 e. The van der Waals surface area contributed by atoms with Crippen molar-refractivity contribution in [3.63, 3.8) is 0 Å². The highest BCUT2D eigenvalue weighted by Gasteiger charge is 2.19. The predicted octanol–water partition coefficient (Wildman–Crippen LogP) is 20.0. The third-order valence-corrected chi connectivity index (χ3v) is 13.0. The van der Waals surface area contributed by atoms with Gasteiger partial charge in [-0.2, -0.15) is 0 Å². The molecule has 0 aromatic carbocycles. The van der Waals surface area contributed by atoms with Gasteiger partial charge in [0.05, 0.1) is 0 Å². The molecule has 0 saturated carbocycles. The fourth-order valence-electron chi connectivity index (χ4n) is 8.55. The lowest BCUT2D eigenvalue weighted by atomic mass is 10.0. The minimum Gasteiger partial charge on any atom is -0.462 e. The molecule has 0 amide bonds. The molecule has 0 heterocycles. The fourth-order valence-corrected chi connectivity index (χ4v) is 8.55. The SMILES string of the molecule is CC/C=C\C/C=C\C/C=C\C/C=C\CCCCCCCCCCCCC(=O)OCC(COC(=O)CCCCCCC/C=C\CCCCCC)OC(=O)CCCCCCCCCCCCCCCCC. The van der Waals surface area contributed by atoms with Gasteiger partial charge >= 0.3 is 17.9 Å². The molecule has 0 aromatic heterocycles. The number of unbranched alkanes of at least 4 members (excludes halogenated alkanes) is 33. The molecule has 0 aliphatic rings. The van der Waals surface area contributed by atoms with Gasteiger partial charge in [0, 0.05) is 19.3 Å². The molecular weight excluding hydrogens is 853 g/mol. The number of ether oxygens (including phenoxy) is 3. The summed E-state index contributed by atoms with van der Waals surface area (Å²) in [6.07, 6.45) is 72.1. The van der Waals surface area contributed by atoms with Crippen LogP contribution < -0.4 is 0 Å². The lowest BCUT2D eigenvalue weighted by molar-refractivity contribution is -0.167. The maximum absolute atomic E-state index is 12.9. The van der Waals surface area contributed by atoms with Crippen LogP contribution in [0.1, 0.15) is 303 Å². The average molecular weight is 966 g/mol. The van der Waals surface area contributed by atoms with E-state index in [1.54, 1.807) is 0 Å². The van der Waals surface area contributed by atoms with E-state index in [9.17, 15) is 14.4 Å². The van der Waals surface area contributed by atoms with Crippen LogP contribution >= 0.6 is 0 Å². The molecule has 69 heavy (non-hydrogen) atoms. The van der Waals surface area contributed by atoms with Crippen LogP contribution in [0, 0.1) is 0 Å². The number of allylic oxidation sites excluding steroid dienone is 10. The van der Waals surface area contributed by atoms with Crippen LogP contribution in [0.2, 0.25) is 0 Å². The Morgan fingerprint density at radius 3 is 0.913 bits per heavy atom. The lowest BCUT2D eigenvalue weighted by Gasteiger charge is -2.18. The van der Waals surface area contributed by atoms with Gasteiger partial charge in [-0.25, -0.2) is 0 Å². The zero-order valence-electron chi connectivity index (χ0n) is 45.8. The highest BCUT2D eigenvalue weighted by atomic mass is 16.6. The van der Waals surface area contributed by atoms with Gasteiger partial charge in [0.1, 0.15) is 13.2 Å². The molecule has 400 valence electrons. The van der Waals surface area contributed by atoms with E-state index >= 15 is 0 Å². The molecule has 0 bridgehead atoms. The summed E-state index contributed by atoms with van der Waals surface area (Å²) in [5.74, 6) is -0.874. The molecule has 6 nitrogen and oxygen atoms in total. The van der Waals surface area contributed by atoms with Gasteiger partial charge < -0.3 is 14.2 Å².